The zero-order chi connectivity index (χ0) is 28.1. The Morgan fingerprint density at radius 1 is 0.442 bits per heavy atom. The molecular formula is C41H25NO. The van der Waals surface area contributed by atoms with E-state index in [1.807, 2.05) is 0 Å². The Hall–Kier alpha value is -5.60. The smallest absolute Gasteiger partial charge is 0.134 e. The van der Waals surface area contributed by atoms with Crippen molar-refractivity contribution in [2.24, 2.45) is 0 Å². The summed E-state index contributed by atoms with van der Waals surface area (Å²) in [7, 11) is 0. The maximum Gasteiger partial charge on any atom is 0.134 e. The summed E-state index contributed by atoms with van der Waals surface area (Å²) in [6.07, 6.45) is 0. The number of fused-ring (bicyclic) bond motifs is 14. The minimum atomic E-state index is -0.483. The van der Waals surface area contributed by atoms with Gasteiger partial charge >= 0.3 is 0 Å². The average molecular weight is 548 g/mol. The van der Waals surface area contributed by atoms with E-state index in [1.165, 1.54) is 60.4 Å². The summed E-state index contributed by atoms with van der Waals surface area (Å²) >= 11 is 0. The van der Waals surface area contributed by atoms with Crippen LogP contribution in [0.5, 0.6) is 11.5 Å². The highest BCUT2D eigenvalue weighted by atomic mass is 16.5. The van der Waals surface area contributed by atoms with E-state index >= 15 is 0 Å². The molecule has 7 aromatic carbocycles. The summed E-state index contributed by atoms with van der Waals surface area (Å²) in [5, 5.41) is 4.95. The third-order valence-corrected chi connectivity index (χ3v) is 9.63. The fraction of sp³-hybridized carbons (Fsp3) is 0.0244. The van der Waals surface area contributed by atoms with Crippen LogP contribution >= 0.6 is 0 Å². The van der Waals surface area contributed by atoms with Crippen LogP contribution in [0.4, 0.5) is 0 Å². The number of benzene rings is 7. The summed E-state index contributed by atoms with van der Waals surface area (Å²) in [4.78, 5) is 0. The van der Waals surface area contributed by atoms with Crippen LogP contribution < -0.4 is 4.74 Å². The van der Waals surface area contributed by atoms with Gasteiger partial charge in [0.2, 0.25) is 0 Å². The molecule has 0 amide bonds. The largest absolute Gasteiger partial charge is 0.457 e. The molecule has 0 fully saturated rings. The Morgan fingerprint density at radius 3 is 1.88 bits per heavy atom. The Kier molecular flexibility index (Phi) is 4.41. The topological polar surface area (TPSA) is 14.2 Å². The summed E-state index contributed by atoms with van der Waals surface area (Å²) in [5.41, 5.74) is 10.6. The van der Waals surface area contributed by atoms with Crippen molar-refractivity contribution in [3.05, 3.63) is 174 Å². The van der Waals surface area contributed by atoms with E-state index < -0.39 is 5.41 Å². The molecule has 0 atom stereocenters. The van der Waals surface area contributed by atoms with Crippen molar-refractivity contribution in [1.82, 2.24) is 4.57 Å². The molecule has 1 aromatic heterocycles. The van der Waals surface area contributed by atoms with Gasteiger partial charge in [0.1, 0.15) is 11.5 Å². The quantitative estimate of drug-likeness (QED) is 0.199. The molecule has 1 aliphatic heterocycles. The molecule has 8 aromatic rings. The van der Waals surface area contributed by atoms with Crippen molar-refractivity contribution >= 4 is 32.6 Å². The number of para-hydroxylation sites is 2. The molecule has 0 N–H and O–H groups in total. The number of rotatable bonds is 1. The molecule has 0 unspecified atom stereocenters. The number of aromatic nitrogens is 1. The lowest BCUT2D eigenvalue weighted by atomic mass is 9.66. The number of ether oxygens (including phenoxy) is 1. The SMILES string of the molecule is c1ccc(-n2c3cc4c(cc3c3ccc5ccccc5c32)C2(c3ccccc3O4)c3ccccc3-c3ccccc32)cc1. The van der Waals surface area contributed by atoms with Crippen molar-refractivity contribution in [2.45, 2.75) is 5.41 Å². The van der Waals surface area contributed by atoms with Crippen LogP contribution in [0.2, 0.25) is 0 Å². The zero-order valence-corrected chi connectivity index (χ0v) is 23.3. The third kappa shape index (κ3) is 2.83. The maximum absolute atomic E-state index is 6.86. The van der Waals surface area contributed by atoms with Gasteiger partial charge in [-0.05, 0) is 51.9 Å². The van der Waals surface area contributed by atoms with Gasteiger partial charge in [-0.15, -0.1) is 0 Å². The number of hydrogen-bond donors (Lipinski definition) is 0. The fourth-order valence-corrected chi connectivity index (χ4v) is 7.97. The van der Waals surface area contributed by atoms with E-state index in [2.05, 4.69) is 156 Å². The van der Waals surface area contributed by atoms with E-state index in [9.17, 15) is 0 Å². The van der Waals surface area contributed by atoms with Crippen LogP contribution in [-0.2, 0) is 5.41 Å². The molecule has 2 aliphatic rings. The van der Waals surface area contributed by atoms with Gasteiger partial charge in [-0.1, -0.05) is 121 Å². The van der Waals surface area contributed by atoms with E-state index in [4.69, 9.17) is 4.74 Å². The van der Waals surface area contributed by atoms with Crippen LogP contribution in [0.15, 0.2) is 152 Å². The molecule has 1 aliphatic carbocycles. The van der Waals surface area contributed by atoms with E-state index in [0.717, 1.165) is 22.7 Å². The normalized spacial score (nSPS) is 14.0. The van der Waals surface area contributed by atoms with Crippen molar-refractivity contribution in [3.63, 3.8) is 0 Å². The zero-order valence-electron chi connectivity index (χ0n) is 23.3. The van der Waals surface area contributed by atoms with Gasteiger partial charge in [0.25, 0.3) is 0 Å². The fourth-order valence-electron chi connectivity index (χ4n) is 7.97. The lowest BCUT2D eigenvalue weighted by Gasteiger charge is -2.39. The minimum Gasteiger partial charge on any atom is -0.457 e. The highest BCUT2D eigenvalue weighted by Crippen LogP contribution is 2.62. The molecule has 1 spiro atoms. The van der Waals surface area contributed by atoms with Gasteiger partial charge < -0.3 is 9.30 Å². The molecule has 2 heteroatoms. The predicted molar refractivity (Wildman–Crippen MR) is 176 cm³/mol. The van der Waals surface area contributed by atoms with E-state index in [0.29, 0.717) is 0 Å². The Balaban J connectivity index is 1.41. The van der Waals surface area contributed by atoms with Gasteiger partial charge in [-0.25, -0.2) is 0 Å². The minimum absolute atomic E-state index is 0.483. The molecule has 2 nitrogen and oxygen atoms in total. The molecule has 0 bridgehead atoms. The highest BCUT2D eigenvalue weighted by molar-refractivity contribution is 6.19. The van der Waals surface area contributed by atoms with Gasteiger partial charge in [0, 0.05) is 39.0 Å². The van der Waals surface area contributed by atoms with Crippen LogP contribution in [0.25, 0.3) is 49.4 Å². The molecule has 43 heavy (non-hydrogen) atoms. The highest BCUT2D eigenvalue weighted by Gasteiger charge is 2.51. The maximum atomic E-state index is 6.86. The predicted octanol–water partition coefficient (Wildman–Crippen LogP) is 10.4. The lowest BCUT2D eigenvalue weighted by molar-refractivity contribution is 0.437. The van der Waals surface area contributed by atoms with Crippen molar-refractivity contribution < 1.29 is 4.74 Å². The molecule has 200 valence electrons. The van der Waals surface area contributed by atoms with Gasteiger partial charge in [0.15, 0.2) is 0 Å². The van der Waals surface area contributed by atoms with Gasteiger partial charge in [0.05, 0.1) is 16.4 Å². The van der Waals surface area contributed by atoms with Gasteiger partial charge in [-0.3, -0.25) is 0 Å². The first-order chi connectivity index (χ1) is 21.3. The van der Waals surface area contributed by atoms with E-state index in [-0.39, 0.29) is 0 Å². The van der Waals surface area contributed by atoms with Crippen molar-refractivity contribution in [2.75, 3.05) is 0 Å². The van der Waals surface area contributed by atoms with Crippen LogP contribution in [0, 0.1) is 0 Å². The first-order valence-electron chi connectivity index (χ1n) is 14.9. The first kappa shape index (κ1) is 23.0. The van der Waals surface area contributed by atoms with Crippen molar-refractivity contribution in [1.29, 1.82) is 0 Å². The Bertz CT molecular complexity index is 2390. The number of hydrogen-bond acceptors (Lipinski definition) is 1. The second-order valence-corrected chi connectivity index (χ2v) is 11.7. The Morgan fingerprint density at radius 2 is 1.09 bits per heavy atom. The van der Waals surface area contributed by atoms with E-state index in [1.54, 1.807) is 0 Å². The van der Waals surface area contributed by atoms with Crippen LogP contribution in [-0.4, -0.2) is 4.57 Å². The molecule has 2 heterocycles. The molecule has 0 saturated carbocycles. The molecular weight excluding hydrogens is 522 g/mol. The van der Waals surface area contributed by atoms with Crippen LogP contribution in [0.3, 0.4) is 0 Å². The second-order valence-electron chi connectivity index (χ2n) is 11.7. The summed E-state index contributed by atoms with van der Waals surface area (Å²) in [6, 6.07) is 55.1. The third-order valence-electron chi connectivity index (χ3n) is 9.63. The summed E-state index contributed by atoms with van der Waals surface area (Å²) in [5.74, 6) is 1.82. The summed E-state index contributed by atoms with van der Waals surface area (Å²) in [6.45, 7) is 0. The monoisotopic (exact) mass is 547 g/mol. The average Bonchev–Trinajstić information content (AvgIpc) is 3.55. The lowest BCUT2D eigenvalue weighted by Crippen LogP contribution is -2.32. The molecule has 0 radical (unpaired) electrons. The van der Waals surface area contributed by atoms with Gasteiger partial charge in [-0.2, -0.15) is 0 Å². The standard InChI is InChI=1S/C41H25NO/c1-2-13-27(14-3-1)42-37-25-39-36(24-32(37)31-23-22-26-12-4-5-15-28(26)40(31)42)41(35-20-10-11-21-38(35)43-39)33-18-8-6-16-29(33)30-17-7-9-19-34(30)41/h1-25H. The first-order valence-corrected chi connectivity index (χ1v) is 14.9. The molecule has 10 rings (SSSR count). The Labute approximate surface area is 249 Å². The summed E-state index contributed by atoms with van der Waals surface area (Å²) < 4.78 is 9.28. The molecule has 0 saturated heterocycles. The van der Waals surface area contributed by atoms with Crippen LogP contribution in [0.1, 0.15) is 22.3 Å². The number of nitrogens with zero attached hydrogens (tertiary/aromatic N) is 1. The second kappa shape index (κ2) is 8.24. The van der Waals surface area contributed by atoms with Crippen molar-refractivity contribution in [3.8, 4) is 28.3 Å².